The van der Waals surface area contributed by atoms with E-state index >= 15 is 0 Å². The topological polar surface area (TPSA) is 0 Å². The number of halogens is 3. The molecule has 5 rings (SSSR count). The minimum atomic E-state index is -1.37. The zero-order valence-electron chi connectivity index (χ0n) is 22.2. The molecule has 0 spiro atoms. The molecule has 0 bridgehead atoms. The molecule has 2 aromatic carbocycles. The Hall–Kier alpha value is -1.51. The molecule has 3 aliphatic rings. The van der Waals surface area contributed by atoms with Crippen LogP contribution in [0.3, 0.4) is 0 Å². The van der Waals surface area contributed by atoms with Crippen LogP contribution >= 0.6 is 0 Å². The first-order valence-corrected chi connectivity index (χ1v) is 15.1. The molecule has 3 fully saturated rings. The van der Waals surface area contributed by atoms with E-state index in [0.29, 0.717) is 11.3 Å². The summed E-state index contributed by atoms with van der Waals surface area (Å²) in [7, 11) is 0. The highest BCUT2D eigenvalue weighted by Gasteiger charge is 2.39. The molecule has 3 saturated carbocycles. The van der Waals surface area contributed by atoms with E-state index in [4.69, 9.17) is 0 Å². The molecule has 4 unspecified atom stereocenters. The van der Waals surface area contributed by atoms with Gasteiger partial charge in [0.25, 0.3) is 0 Å². The first-order valence-electron chi connectivity index (χ1n) is 15.1. The molecule has 0 heterocycles. The second kappa shape index (κ2) is 11.9. The highest BCUT2D eigenvalue weighted by Crippen LogP contribution is 2.51. The van der Waals surface area contributed by atoms with Gasteiger partial charge in [-0.25, -0.2) is 13.2 Å². The first kappa shape index (κ1) is 26.1. The molecule has 0 aromatic heterocycles. The summed E-state index contributed by atoms with van der Waals surface area (Å²) < 4.78 is 41.6. The summed E-state index contributed by atoms with van der Waals surface area (Å²) >= 11 is 0. The number of hydrogen-bond acceptors (Lipinski definition) is 0. The molecule has 0 saturated heterocycles. The van der Waals surface area contributed by atoms with Crippen LogP contribution in [0.15, 0.2) is 24.3 Å². The molecule has 0 aliphatic heterocycles. The van der Waals surface area contributed by atoms with Crippen LogP contribution in [0, 0.1) is 47.0 Å². The maximum Gasteiger partial charge on any atom is 0.195 e. The quantitative estimate of drug-likeness (QED) is 0.251. The van der Waals surface area contributed by atoms with Gasteiger partial charge in [0.2, 0.25) is 0 Å². The summed E-state index contributed by atoms with van der Waals surface area (Å²) in [5.41, 5.74) is 1.17. The summed E-state index contributed by atoms with van der Waals surface area (Å²) in [6.07, 6.45) is 22.2. The summed E-state index contributed by atoms with van der Waals surface area (Å²) in [6.45, 7) is 2.29. The van der Waals surface area contributed by atoms with Gasteiger partial charge in [-0.1, -0.05) is 76.5 Å². The van der Waals surface area contributed by atoms with Gasteiger partial charge >= 0.3 is 0 Å². The molecule has 4 atom stereocenters. The molecule has 3 aliphatic carbocycles. The highest BCUT2D eigenvalue weighted by atomic mass is 19.2. The SMILES string of the molecule is CCCCCCCC1CCC(C2CCC3CC(c4ccc5c(F)c(F)c(F)cc5c4)CCC3C2)CC1. The van der Waals surface area contributed by atoms with E-state index in [2.05, 4.69) is 6.92 Å². The van der Waals surface area contributed by atoms with E-state index in [9.17, 15) is 13.2 Å². The largest absolute Gasteiger partial charge is 0.204 e. The van der Waals surface area contributed by atoms with Gasteiger partial charge in [-0.15, -0.1) is 0 Å². The van der Waals surface area contributed by atoms with Gasteiger partial charge < -0.3 is 0 Å². The van der Waals surface area contributed by atoms with Crippen molar-refractivity contribution >= 4 is 10.8 Å². The Morgan fingerprint density at radius 3 is 2.11 bits per heavy atom. The van der Waals surface area contributed by atoms with Gasteiger partial charge in [0, 0.05) is 5.39 Å². The first-order chi connectivity index (χ1) is 17.5. The van der Waals surface area contributed by atoms with Gasteiger partial charge in [-0.05, 0) is 104 Å². The number of benzene rings is 2. The molecule has 198 valence electrons. The van der Waals surface area contributed by atoms with Crippen molar-refractivity contribution in [1.82, 2.24) is 0 Å². The second-order valence-corrected chi connectivity index (χ2v) is 12.6. The maximum absolute atomic E-state index is 14.1. The fourth-order valence-corrected chi connectivity index (χ4v) is 8.22. The van der Waals surface area contributed by atoms with Gasteiger partial charge in [0.1, 0.15) is 0 Å². The van der Waals surface area contributed by atoms with E-state index in [1.54, 1.807) is 6.07 Å². The van der Waals surface area contributed by atoms with Crippen molar-refractivity contribution in [2.24, 2.45) is 29.6 Å². The van der Waals surface area contributed by atoms with Crippen LogP contribution in [0.5, 0.6) is 0 Å². The third kappa shape index (κ3) is 5.81. The number of rotatable bonds is 8. The Morgan fingerprint density at radius 2 is 1.33 bits per heavy atom. The van der Waals surface area contributed by atoms with Gasteiger partial charge in [0.15, 0.2) is 17.5 Å². The smallest absolute Gasteiger partial charge is 0.195 e. The summed E-state index contributed by atoms with van der Waals surface area (Å²) in [5.74, 6) is 1.47. The van der Waals surface area contributed by atoms with E-state index in [1.165, 1.54) is 102 Å². The van der Waals surface area contributed by atoms with Crippen LogP contribution in [-0.4, -0.2) is 0 Å². The lowest BCUT2D eigenvalue weighted by atomic mass is 9.60. The van der Waals surface area contributed by atoms with Crippen molar-refractivity contribution in [2.45, 2.75) is 116 Å². The number of fused-ring (bicyclic) bond motifs is 2. The van der Waals surface area contributed by atoms with E-state index in [1.807, 2.05) is 12.1 Å². The minimum Gasteiger partial charge on any atom is -0.204 e. The van der Waals surface area contributed by atoms with Crippen LogP contribution < -0.4 is 0 Å². The van der Waals surface area contributed by atoms with E-state index < -0.39 is 17.5 Å². The fraction of sp³-hybridized carbons (Fsp3) is 0.697. The monoisotopic (exact) mass is 498 g/mol. The zero-order chi connectivity index (χ0) is 25.1. The average molecular weight is 499 g/mol. The second-order valence-electron chi connectivity index (χ2n) is 12.6. The normalized spacial score (nSPS) is 30.9. The molecule has 0 amide bonds. The Morgan fingerprint density at radius 1 is 0.667 bits per heavy atom. The van der Waals surface area contributed by atoms with Crippen LogP contribution in [0.2, 0.25) is 0 Å². The number of hydrogen-bond donors (Lipinski definition) is 0. The Balaban J connectivity index is 1.11. The standard InChI is InChI=1S/C33H45F3/c1-2-3-4-5-6-7-22-8-10-23(11-9-22)24-12-13-26-19-27(15-14-25(26)18-24)28-16-17-30-29(20-28)21-31(34)33(36)32(30)35/h16-17,20-27H,2-15,18-19H2,1H3. The average Bonchev–Trinajstić information content (AvgIpc) is 2.91. The Bertz CT molecular complexity index is 1010. The lowest BCUT2D eigenvalue weighted by Gasteiger charge is -2.45. The lowest BCUT2D eigenvalue weighted by molar-refractivity contribution is 0.0710. The summed E-state index contributed by atoms with van der Waals surface area (Å²) in [4.78, 5) is 0. The van der Waals surface area contributed by atoms with Crippen molar-refractivity contribution in [3.63, 3.8) is 0 Å². The fourth-order valence-electron chi connectivity index (χ4n) is 8.22. The van der Waals surface area contributed by atoms with Gasteiger partial charge in [-0.2, -0.15) is 0 Å². The third-order valence-corrected chi connectivity index (χ3v) is 10.4. The highest BCUT2D eigenvalue weighted by molar-refractivity contribution is 5.84. The minimum absolute atomic E-state index is 0.179. The van der Waals surface area contributed by atoms with Crippen molar-refractivity contribution in [3.05, 3.63) is 47.3 Å². The predicted octanol–water partition coefficient (Wildman–Crippen LogP) is 10.7. The van der Waals surface area contributed by atoms with E-state index in [-0.39, 0.29) is 5.39 Å². The predicted molar refractivity (Wildman–Crippen MR) is 144 cm³/mol. The van der Waals surface area contributed by atoms with Crippen molar-refractivity contribution in [3.8, 4) is 0 Å². The van der Waals surface area contributed by atoms with Crippen LogP contribution in [0.1, 0.15) is 121 Å². The Kier molecular flexibility index (Phi) is 8.64. The molecule has 0 radical (unpaired) electrons. The lowest BCUT2D eigenvalue weighted by Crippen LogP contribution is -2.34. The molecule has 3 heteroatoms. The molecular formula is C33H45F3. The third-order valence-electron chi connectivity index (χ3n) is 10.4. The van der Waals surface area contributed by atoms with Gasteiger partial charge in [0.05, 0.1) is 0 Å². The van der Waals surface area contributed by atoms with Crippen LogP contribution in [0.25, 0.3) is 10.8 Å². The number of unbranched alkanes of at least 4 members (excludes halogenated alkanes) is 4. The molecule has 2 aromatic rings. The molecule has 0 N–H and O–H groups in total. The van der Waals surface area contributed by atoms with Gasteiger partial charge in [-0.3, -0.25) is 0 Å². The Labute approximate surface area is 216 Å². The van der Waals surface area contributed by atoms with Crippen LogP contribution in [0.4, 0.5) is 13.2 Å². The molecule has 0 nitrogen and oxygen atoms in total. The van der Waals surface area contributed by atoms with Crippen LogP contribution in [-0.2, 0) is 0 Å². The molecule has 36 heavy (non-hydrogen) atoms. The summed E-state index contributed by atoms with van der Waals surface area (Å²) in [5, 5.41) is 0.657. The van der Waals surface area contributed by atoms with Crippen molar-refractivity contribution < 1.29 is 13.2 Å². The molecular weight excluding hydrogens is 453 g/mol. The maximum atomic E-state index is 14.1. The van der Waals surface area contributed by atoms with E-state index in [0.717, 1.165) is 42.1 Å². The van der Waals surface area contributed by atoms with Crippen molar-refractivity contribution in [2.75, 3.05) is 0 Å². The van der Waals surface area contributed by atoms with Crippen molar-refractivity contribution in [1.29, 1.82) is 0 Å². The zero-order valence-corrected chi connectivity index (χ0v) is 22.2. The summed E-state index contributed by atoms with van der Waals surface area (Å²) in [6, 6.07) is 6.64.